The molecule has 1 N–H and O–H groups in total. The molecular formula is C20H21ClN3O3+. The number of amides is 1. The van der Waals surface area contributed by atoms with Crippen molar-refractivity contribution in [3.8, 4) is 0 Å². The average molecular weight is 387 g/mol. The maximum absolute atomic E-state index is 12.7. The molecule has 0 bridgehead atoms. The predicted molar refractivity (Wildman–Crippen MR) is 105 cm³/mol. The van der Waals surface area contributed by atoms with Crippen LogP contribution in [-0.2, 0) is 0 Å². The van der Waals surface area contributed by atoms with Crippen molar-refractivity contribution in [2.75, 3.05) is 32.7 Å². The van der Waals surface area contributed by atoms with E-state index in [1.54, 1.807) is 4.90 Å². The van der Waals surface area contributed by atoms with Gasteiger partial charge in [-0.2, -0.15) is 0 Å². The molecule has 2 aromatic rings. The minimum Gasteiger partial charge on any atom is -0.329 e. The number of piperazine rings is 1. The lowest BCUT2D eigenvalue weighted by Crippen LogP contribution is -3.14. The van der Waals surface area contributed by atoms with Gasteiger partial charge in [-0.15, -0.1) is 0 Å². The zero-order valence-electron chi connectivity index (χ0n) is 14.8. The second-order valence-corrected chi connectivity index (χ2v) is 6.91. The largest absolute Gasteiger partial charge is 0.329 e. The molecule has 0 radical (unpaired) electrons. The maximum Gasteiger partial charge on any atom is 0.282 e. The third-order valence-corrected chi connectivity index (χ3v) is 4.89. The maximum atomic E-state index is 12.7. The van der Waals surface area contributed by atoms with Gasteiger partial charge >= 0.3 is 0 Å². The molecule has 27 heavy (non-hydrogen) atoms. The minimum atomic E-state index is -0.542. The summed E-state index contributed by atoms with van der Waals surface area (Å²) in [5.41, 5.74) is 1.02. The molecule has 3 rings (SSSR count). The van der Waals surface area contributed by atoms with Crippen LogP contribution in [0.2, 0.25) is 5.02 Å². The third kappa shape index (κ3) is 4.93. The molecule has 7 heteroatoms. The summed E-state index contributed by atoms with van der Waals surface area (Å²) >= 11 is 5.93. The molecule has 2 aromatic carbocycles. The van der Waals surface area contributed by atoms with Crippen LogP contribution in [0.3, 0.4) is 0 Å². The summed E-state index contributed by atoms with van der Waals surface area (Å²) in [6, 6.07) is 14.2. The first-order chi connectivity index (χ1) is 13.0. The molecule has 0 aromatic heterocycles. The topological polar surface area (TPSA) is 67.9 Å². The number of benzene rings is 2. The lowest BCUT2D eigenvalue weighted by atomic mass is 10.1. The molecule has 1 amide bonds. The van der Waals surface area contributed by atoms with Crippen molar-refractivity contribution in [2.24, 2.45) is 0 Å². The van der Waals surface area contributed by atoms with E-state index in [0.717, 1.165) is 19.6 Å². The molecule has 0 unspecified atom stereocenters. The van der Waals surface area contributed by atoms with E-state index in [2.05, 4.69) is 24.3 Å². The molecule has 0 aliphatic carbocycles. The summed E-state index contributed by atoms with van der Waals surface area (Å²) in [5, 5.41) is 11.5. The second kappa shape index (κ2) is 8.79. The highest BCUT2D eigenvalue weighted by Gasteiger charge is 2.28. The number of carbonyl (C=O) groups excluding carboxylic acids is 1. The first-order valence-electron chi connectivity index (χ1n) is 8.83. The molecule has 1 aliphatic rings. The van der Waals surface area contributed by atoms with E-state index in [4.69, 9.17) is 11.6 Å². The van der Waals surface area contributed by atoms with Crippen molar-refractivity contribution >= 4 is 29.3 Å². The van der Waals surface area contributed by atoms with E-state index in [-0.39, 0.29) is 17.2 Å². The first-order valence-corrected chi connectivity index (χ1v) is 9.21. The molecule has 1 aliphatic heterocycles. The van der Waals surface area contributed by atoms with Gasteiger partial charge in [0, 0.05) is 11.1 Å². The Morgan fingerprint density at radius 3 is 2.56 bits per heavy atom. The number of hydrogen-bond donors (Lipinski definition) is 1. The van der Waals surface area contributed by atoms with Crippen LogP contribution in [0, 0.1) is 10.1 Å². The Morgan fingerprint density at radius 1 is 1.19 bits per heavy atom. The fourth-order valence-electron chi connectivity index (χ4n) is 3.17. The summed E-state index contributed by atoms with van der Waals surface area (Å²) < 4.78 is 0. The number of nitrogens with one attached hydrogen (secondary N) is 1. The molecule has 0 spiro atoms. The highest BCUT2D eigenvalue weighted by atomic mass is 35.5. The normalized spacial score (nSPS) is 15.2. The molecule has 1 saturated heterocycles. The highest BCUT2D eigenvalue weighted by molar-refractivity contribution is 6.31. The van der Waals surface area contributed by atoms with Gasteiger partial charge in [-0.25, -0.2) is 0 Å². The Labute approximate surface area is 162 Å². The van der Waals surface area contributed by atoms with E-state index in [9.17, 15) is 14.9 Å². The second-order valence-electron chi connectivity index (χ2n) is 6.48. The molecule has 140 valence electrons. The van der Waals surface area contributed by atoms with Crippen LogP contribution in [0.15, 0.2) is 54.6 Å². The summed E-state index contributed by atoms with van der Waals surface area (Å²) in [7, 11) is 0. The fraction of sp³-hybridized carbons (Fsp3) is 0.250. The fourth-order valence-corrected chi connectivity index (χ4v) is 3.34. The first kappa shape index (κ1) is 19.1. The molecule has 1 heterocycles. The average Bonchev–Trinajstić information content (AvgIpc) is 2.68. The zero-order valence-corrected chi connectivity index (χ0v) is 15.6. The van der Waals surface area contributed by atoms with Gasteiger partial charge in [-0.1, -0.05) is 48.0 Å². The predicted octanol–water partition coefficient (Wildman–Crippen LogP) is 2.30. The van der Waals surface area contributed by atoms with Crippen molar-refractivity contribution in [3.63, 3.8) is 0 Å². The Hall–Kier alpha value is -2.70. The van der Waals surface area contributed by atoms with Gasteiger partial charge in [0.2, 0.25) is 0 Å². The summed E-state index contributed by atoms with van der Waals surface area (Å²) in [4.78, 5) is 26.4. The monoisotopic (exact) mass is 386 g/mol. The number of carbonyl (C=O) groups is 1. The number of nitro benzene ring substituents is 1. The van der Waals surface area contributed by atoms with Crippen molar-refractivity contribution < 1.29 is 14.6 Å². The highest BCUT2D eigenvalue weighted by Crippen LogP contribution is 2.24. The zero-order chi connectivity index (χ0) is 19.2. The summed E-state index contributed by atoms with van der Waals surface area (Å²) in [6.45, 7) is 3.63. The third-order valence-electron chi connectivity index (χ3n) is 4.66. The molecule has 0 saturated carbocycles. The van der Waals surface area contributed by atoms with E-state index < -0.39 is 4.92 Å². The number of halogens is 1. The van der Waals surface area contributed by atoms with Crippen LogP contribution in [-0.4, -0.2) is 48.5 Å². The van der Waals surface area contributed by atoms with Gasteiger partial charge in [0.25, 0.3) is 11.6 Å². The minimum absolute atomic E-state index is 0.0555. The van der Waals surface area contributed by atoms with Crippen LogP contribution in [0.5, 0.6) is 0 Å². The van der Waals surface area contributed by atoms with Crippen LogP contribution in [0.25, 0.3) is 6.08 Å². The van der Waals surface area contributed by atoms with Gasteiger partial charge in [0.15, 0.2) is 0 Å². The van der Waals surface area contributed by atoms with Gasteiger partial charge in [-0.05, 0) is 23.8 Å². The van der Waals surface area contributed by atoms with Crippen molar-refractivity contribution in [1.82, 2.24) is 4.90 Å². The number of nitro groups is 1. The lowest BCUT2D eigenvalue weighted by Gasteiger charge is -2.31. The number of quaternary nitrogens is 1. The van der Waals surface area contributed by atoms with Crippen LogP contribution in [0.1, 0.15) is 15.9 Å². The van der Waals surface area contributed by atoms with Crippen LogP contribution >= 0.6 is 11.6 Å². The standard InChI is InChI=1S/C20H20ClN3O3/c21-17-8-9-19(24(26)27)18(15-17)20(25)23-13-11-22(12-14-23)10-4-7-16-5-2-1-3-6-16/h1-9,15H,10-14H2/p+1. The van der Waals surface area contributed by atoms with E-state index >= 15 is 0 Å². The Morgan fingerprint density at radius 2 is 1.89 bits per heavy atom. The number of nitrogens with zero attached hydrogens (tertiary/aromatic N) is 2. The quantitative estimate of drug-likeness (QED) is 0.633. The number of rotatable bonds is 5. The smallest absolute Gasteiger partial charge is 0.282 e. The van der Waals surface area contributed by atoms with Gasteiger partial charge in [-0.3, -0.25) is 14.9 Å². The molecular weight excluding hydrogens is 366 g/mol. The SMILES string of the molecule is O=C(c1cc(Cl)ccc1[N+](=O)[O-])N1CC[NH+](CC=Cc2ccccc2)CC1. The van der Waals surface area contributed by atoms with Crippen LogP contribution < -0.4 is 4.90 Å². The van der Waals surface area contributed by atoms with E-state index in [0.29, 0.717) is 18.1 Å². The van der Waals surface area contributed by atoms with Crippen molar-refractivity contribution in [1.29, 1.82) is 0 Å². The summed E-state index contributed by atoms with van der Waals surface area (Å²) in [6.07, 6.45) is 4.24. The molecule has 0 atom stereocenters. The Balaban J connectivity index is 1.58. The van der Waals surface area contributed by atoms with Gasteiger partial charge < -0.3 is 9.80 Å². The lowest BCUT2D eigenvalue weighted by molar-refractivity contribution is -0.898. The Kier molecular flexibility index (Phi) is 6.21. The van der Waals surface area contributed by atoms with Crippen molar-refractivity contribution in [2.45, 2.75) is 0 Å². The Bertz CT molecular complexity index is 847. The van der Waals surface area contributed by atoms with Gasteiger partial charge in [0.1, 0.15) is 5.56 Å². The number of hydrogen-bond acceptors (Lipinski definition) is 3. The van der Waals surface area contributed by atoms with Crippen LogP contribution in [0.4, 0.5) is 5.69 Å². The molecule has 6 nitrogen and oxygen atoms in total. The van der Waals surface area contributed by atoms with E-state index in [1.165, 1.54) is 28.7 Å². The molecule has 1 fully saturated rings. The van der Waals surface area contributed by atoms with Crippen molar-refractivity contribution in [3.05, 3.63) is 80.9 Å². The summed E-state index contributed by atoms with van der Waals surface area (Å²) in [5.74, 6) is -0.330. The van der Waals surface area contributed by atoms with E-state index in [1.807, 2.05) is 18.2 Å². The van der Waals surface area contributed by atoms with Gasteiger partial charge in [0.05, 0.1) is 37.6 Å².